The van der Waals surface area contributed by atoms with Crippen LogP contribution in [0.2, 0.25) is 0 Å². The summed E-state index contributed by atoms with van der Waals surface area (Å²) in [5.41, 5.74) is 6.22. The van der Waals surface area contributed by atoms with Crippen molar-refractivity contribution in [2.24, 2.45) is 0 Å². The van der Waals surface area contributed by atoms with E-state index in [0.717, 1.165) is 6.26 Å². The van der Waals surface area contributed by atoms with E-state index in [1.807, 2.05) is 0 Å². The third-order valence-electron chi connectivity index (χ3n) is 0.393. The molecule has 8 heavy (non-hydrogen) atoms. The van der Waals surface area contributed by atoms with E-state index in [9.17, 15) is 13.2 Å². The Morgan fingerprint density at radius 3 is 2.00 bits per heavy atom. The van der Waals surface area contributed by atoms with Gasteiger partial charge in [-0.2, -0.15) is 0 Å². The summed E-state index contributed by atoms with van der Waals surface area (Å²) >= 11 is 0. The zero-order valence-electron chi connectivity index (χ0n) is 4.34. The van der Waals surface area contributed by atoms with Crippen LogP contribution in [0.4, 0.5) is 0 Å². The number of sulfone groups is 1. The third kappa shape index (κ3) is 5.42. The molecule has 0 rings (SSSR count). The van der Waals surface area contributed by atoms with Gasteiger partial charge in [0.15, 0.2) is 9.84 Å². The maximum atomic E-state index is 10.1. The van der Waals surface area contributed by atoms with Gasteiger partial charge in [0, 0.05) is 6.26 Å². The van der Waals surface area contributed by atoms with Crippen LogP contribution in [-0.2, 0) is 14.6 Å². The smallest absolute Gasteiger partial charge is 0.253 e. The van der Waals surface area contributed by atoms with E-state index in [4.69, 9.17) is 5.73 Å². The van der Waals surface area contributed by atoms with Gasteiger partial charge in [-0.25, -0.2) is 8.42 Å². The summed E-state index contributed by atoms with van der Waals surface area (Å²) in [5.74, 6) is -1.74. The number of nitrogens with one attached hydrogen (secondary N) is 1. The molecule has 0 fully saturated rings. The van der Waals surface area contributed by atoms with E-state index in [0.29, 0.717) is 0 Å². The average Bonchev–Trinajstić information content (AvgIpc) is 1.21. The van der Waals surface area contributed by atoms with E-state index >= 15 is 0 Å². The van der Waals surface area contributed by atoms with Crippen LogP contribution in [0.5, 0.6) is 0 Å². The number of hydrogen-bond acceptors (Lipinski definition) is 3. The second-order valence-electron chi connectivity index (χ2n) is 1.49. The van der Waals surface area contributed by atoms with E-state index in [2.05, 4.69) is 0 Å². The van der Waals surface area contributed by atoms with Gasteiger partial charge >= 0.3 is 0 Å². The predicted octanol–water partition coefficient (Wildman–Crippen LogP) is -1.16. The van der Waals surface area contributed by atoms with E-state index in [1.54, 1.807) is 0 Å². The SMILES string of the molecule is CS(=O)(=O)CC([NH])=O. The Labute approximate surface area is 47.6 Å². The quantitative estimate of drug-likeness (QED) is 0.480. The van der Waals surface area contributed by atoms with Crippen molar-refractivity contribution in [2.45, 2.75) is 0 Å². The molecule has 0 bridgehead atoms. The van der Waals surface area contributed by atoms with Crippen molar-refractivity contribution in [1.29, 1.82) is 0 Å². The van der Waals surface area contributed by atoms with Crippen LogP contribution < -0.4 is 5.73 Å². The minimum absolute atomic E-state index is 0.674. The Balaban J connectivity index is 3.95. The summed E-state index contributed by atoms with van der Waals surface area (Å²) in [4.78, 5) is 9.75. The molecule has 1 N–H and O–H groups in total. The van der Waals surface area contributed by atoms with Gasteiger partial charge in [-0.1, -0.05) is 0 Å². The number of hydrogen-bond donors (Lipinski definition) is 0. The summed E-state index contributed by atoms with van der Waals surface area (Å²) < 4.78 is 20.2. The van der Waals surface area contributed by atoms with Crippen molar-refractivity contribution in [3.8, 4) is 0 Å². The Bertz CT molecular complexity index is 181. The number of carbonyl (C=O) groups is 1. The summed E-state index contributed by atoms with van der Waals surface area (Å²) in [6, 6.07) is 0. The van der Waals surface area contributed by atoms with Gasteiger partial charge in [-0.3, -0.25) is 10.5 Å². The first-order chi connectivity index (χ1) is 3.42. The minimum atomic E-state index is -3.26. The van der Waals surface area contributed by atoms with Crippen molar-refractivity contribution in [3.05, 3.63) is 0 Å². The molecule has 0 heterocycles. The molecule has 0 aliphatic rings. The van der Waals surface area contributed by atoms with Crippen LogP contribution >= 0.6 is 0 Å². The van der Waals surface area contributed by atoms with E-state index in [1.165, 1.54) is 0 Å². The largest absolute Gasteiger partial charge is 0.272 e. The fourth-order valence-electron chi connectivity index (χ4n) is 0.238. The highest BCUT2D eigenvalue weighted by atomic mass is 32.2. The molecule has 0 aliphatic carbocycles. The van der Waals surface area contributed by atoms with Gasteiger partial charge in [0.1, 0.15) is 5.75 Å². The third-order valence-corrected chi connectivity index (χ3v) is 1.18. The lowest BCUT2D eigenvalue weighted by Gasteiger charge is -1.86. The Hall–Kier alpha value is -0.580. The van der Waals surface area contributed by atoms with Crippen molar-refractivity contribution in [3.63, 3.8) is 0 Å². The highest BCUT2D eigenvalue weighted by Crippen LogP contribution is 1.78. The van der Waals surface area contributed by atoms with Crippen LogP contribution in [0.3, 0.4) is 0 Å². The van der Waals surface area contributed by atoms with Gasteiger partial charge in [0.05, 0.1) is 0 Å². The first-order valence-corrected chi connectivity index (χ1v) is 3.90. The summed E-state index contributed by atoms with van der Waals surface area (Å²) in [7, 11) is -3.26. The van der Waals surface area contributed by atoms with Gasteiger partial charge in [0.2, 0.25) is 0 Å². The zero-order chi connectivity index (χ0) is 6.78. The lowest BCUT2D eigenvalue weighted by molar-refractivity contribution is -0.116. The molecule has 1 amide bonds. The normalized spacial score (nSPS) is 11.1. The second kappa shape index (κ2) is 2.13. The van der Waals surface area contributed by atoms with Gasteiger partial charge in [-0.05, 0) is 0 Å². The number of amides is 1. The number of carbonyl (C=O) groups excluding carboxylic acids is 1. The molecule has 0 aromatic heterocycles. The van der Waals surface area contributed by atoms with Crippen molar-refractivity contribution in [2.75, 3.05) is 12.0 Å². The zero-order valence-corrected chi connectivity index (χ0v) is 5.16. The lowest BCUT2D eigenvalue weighted by atomic mass is 10.8. The first-order valence-electron chi connectivity index (χ1n) is 1.84. The van der Waals surface area contributed by atoms with E-state index < -0.39 is 21.5 Å². The molecule has 0 saturated carbocycles. The second-order valence-corrected chi connectivity index (χ2v) is 3.63. The van der Waals surface area contributed by atoms with Crippen molar-refractivity contribution in [1.82, 2.24) is 5.73 Å². The molecule has 0 aromatic rings. The first kappa shape index (κ1) is 7.42. The molecular formula is C3H6NO3S. The highest BCUT2D eigenvalue weighted by Gasteiger charge is 2.05. The predicted molar refractivity (Wildman–Crippen MR) is 27.8 cm³/mol. The van der Waals surface area contributed by atoms with Gasteiger partial charge in [0.25, 0.3) is 5.91 Å². The van der Waals surface area contributed by atoms with Gasteiger partial charge in [-0.15, -0.1) is 0 Å². The standard InChI is InChI=1S/C3H6NO3S/c1-8(6,7)2-3(4)5/h4H,2H2,1H3. The van der Waals surface area contributed by atoms with Crippen molar-refractivity contribution < 1.29 is 13.2 Å². The Kier molecular flexibility index (Phi) is 1.97. The Morgan fingerprint density at radius 2 is 2.00 bits per heavy atom. The maximum Gasteiger partial charge on any atom is 0.253 e. The molecule has 0 unspecified atom stereocenters. The summed E-state index contributed by atoms with van der Waals surface area (Å²) in [6.45, 7) is 0. The molecule has 0 aromatic carbocycles. The molecule has 0 atom stereocenters. The maximum absolute atomic E-state index is 10.1. The topological polar surface area (TPSA) is 75.0 Å². The molecule has 0 spiro atoms. The van der Waals surface area contributed by atoms with Crippen LogP contribution in [-0.4, -0.2) is 26.3 Å². The van der Waals surface area contributed by atoms with Gasteiger partial charge < -0.3 is 0 Å². The molecule has 47 valence electrons. The van der Waals surface area contributed by atoms with Crippen LogP contribution in [0, 0.1) is 0 Å². The fraction of sp³-hybridized carbons (Fsp3) is 0.667. The molecule has 4 nitrogen and oxygen atoms in total. The van der Waals surface area contributed by atoms with Crippen LogP contribution in [0.15, 0.2) is 0 Å². The molecular weight excluding hydrogens is 130 g/mol. The molecule has 0 saturated heterocycles. The number of rotatable bonds is 2. The monoisotopic (exact) mass is 136 g/mol. The molecule has 1 radical (unpaired) electrons. The minimum Gasteiger partial charge on any atom is -0.272 e. The summed E-state index contributed by atoms with van der Waals surface area (Å²) in [6.07, 6.45) is 0.916. The lowest BCUT2D eigenvalue weighted by Crippen LogP contribution is -2.14. The average molecular weight is 136 g/mol. The van der Waals surface area contributed by atoms with E-state index in [-0.39, 0.29) is 0 Å². The van der Waals surface area contributed by atoms with Crippen LogP contribution in [0.25, 0.3) is 0 Å². The highest BCUT2D eigenvalue weighted by molar-refractivity contribution is 7.91. The van der Waals surface area contributed by atoms with Crippen molar-refractivity contribution >= 4 is 15.7 Å². The molecule has 0 aliphatic heterocycles. The van der Waals surface area contributed by atoms with Crippen LogP contribution in [0.1, 0.15) is 0 Å². The fourth-order valence-corrected chi connectivity index (χ4v) is 0.714. The molecule has 5 heteroatoms. The summed E-state index contributed by atoms with van der Waals surface area (Å²) in [5, 5.41) is 0. The Morgan fingerprint density at radius 1 is 1.62 bits per heavy atom.